The van der Waals surface area contributed by atoms with E-state index in [0.717, 1.165) is 31.5 Å². The van der Waals surface area contributed by atoms with Crippen molar-refractivity contribution >= 4 is 6.29 Å². The maximum Gasteiger partial charge on any atom is 0.126 e. The van der Waals surface area contributed by atoms with Gasteiger partial charge in [-0.3, -0.25) is 0 Å². The van der Waals surface area contributed by atoms with Crippen LogP contribution in [-0.2, 0) is 4.79 Å². The molecule has 1 rings (SSSR count). The quantitative estimate of drug-likeness (QED) is 0.481. The minimum absolute atomic E-state index is 0.0690. The molecule has 0 fully saturated rings. The lowest BCUT2D eigenvalue weighted by atomic mass is 9.76. The summed E-state index contributed by atoms with van der Waals surface area (Å²) in [4.78, 5) is 10.8. The van der Waals surface area contributed by atoms with Crippen LogP contribution in [0.15, 0.2) is 11.6 Å². The van der Waals surface area contributed by atoms with Gasteiger partial charge in [0.15, 0.2) is 0 Å². The van der Waals surface area contributed by atoms with Gasteiger partial charge < -0.3 is 4.79 Å². The molecular weight excluding hydrogens is 160 g/mol. The molecule has 0 bridgehead atoms. The average molecular weight is 180 g/mol. The molecule has 74 valence electrons. The van der Waals surface area contributed by atoms with E-state index in [1.54, 1.807) is 5.57 Å². The van der Waals surface area contributed by atoms with Crippen LogP contribution in [0.1, 0.15) is 46.5 Å². The Morgan fingerprint density at radius 2 is 2.31 bits per heavy atom. The zero-order valence-corrected chi connectivity index (χ0v) is 8.97. The standard InChI is InChI=1S/C12H20O/c1-10(2)8-11-4-6-12(3,9-13)7-5-11/h4,9-10H,5-8H2,1-3H3/t12-/m1/s1. The van der Waals surface area contributed by atoms with E-state index in [1.807, 2.05) is 0 Å². The van der Waals surface area contributed by atoms with E-state index >= 15 is 0 Å². The highest BCUT2D eigenvalue weighted by molar-refractivity contribution is 5.59. The van der Waals surface area contributed by atoms with E-state index in [4.69, 9.17) is 0 Å². The highest BCUT2D eigenvalue weighted by atomic mass is 16.1. The lowest BCUT2D eigenvalue weighted by Crippen LogP contribution is -2.20. The summed E-state index contributed by atoms with van der Waals surface area (Å²) < 4.78 is 0. The molecule has 1 heteroatoms. The number of rotatable bonds is 3. The summed E-state index contributed by atoms with van der Waals surface area (Å²) in [7, 11) is 0. The SMILES string of the molecule is CC(C)CC1=CC[C@@](C)(C=O)CC1. The van der Waals surface area contributed by atoms with E-state index in [0.29, 0.717) is 0 Å². The second kappa shape index (κ2) is 4.08. The Hall–Kier alpha value is -0.590. The number of carbonyl (C=O) groups excluding carboxylic acids is 1. The molecule has 0 radical (unpaired) electrons. The first kappa shape index (κ1) is 10.5. The van der Waals surface area contributed by atoms with Crippen molar-refractivity contribution in [2.24, 2.45) is 11.3 Å². The molecule has 13 heavy (non-hydrogen) atoms. The van der Waals surface area contributed by atoms with E-state index in [9.17, 15) is 4.79 Å². The summed E-state index contributed by atoms with van der Waals surface area (Å²) >= 11 is 0. The molecule has 0 aromatic rings. The van der Waals surface area contributed by atoms with Gasteiger partial charge in [-0.25, -0.2) is 0 Å². The summed E-state index contributed by atoms with van der Waals surface area (Å²) in [5, 5.41) is 0. The fourth-order valence-electron chi connectivity index (χ4n) is 1.84. The van der Waals surface area contributed by atoms with E-state index in [2.05, 4.69) is 26.8 Å². The van der Waals surface area contributed by atoms with Crippen molar-refractivity contribution < 1.29 is 4.79 Å². The van der Waals surface area contributed by atoms with Gasteiger partial charge in [-0.1, -0.05) is 32.4 Å². The van der Waals surface area contributed by atoms with Crippen LogP contribution < -0.4 is 0 Å². The van der Waals surface area contributed by atoms with Gasteiger partial charge in [-0.15, -0.1) is 0 Å². The second-order valence-corrected chi connectivity index (χ2v) is 4.94. The van der Waals surface area contributed by atoms with E-state index in [-0.39, 0.29) is 5.41 Å². The smallest absolute Gasteiger partial charge is 0.126 e. The lowest BCUT2D eigenvalue weighted by molar-refractivity contribution is -0.115. The Balaban J connectivity index is 2.52. The van der Waals surface area contributed by atoms with Gasteiger partial charge in [0.1, 0.15) is 6.29 Å². The monoisotopic (exact) mass is 180 g/mol. The fraction of sp³-hybridized carbons (Fsp3) is 0.750. The number of hydrogen-bond acceptors (Lipinski definition) is 1. The normalized spacial score (nSPS) is 28.8. The number of carbonyl (C=O) groups is 1. The van der Waals surface area contributed by atoms with Crippen LogP contribution in [0, 0.1) is 11.3 Å². The van der Waals surface area contributed by atoms with Gasteiger partial charge in [0.25, 0.3) is 0 Å². The van der Waals surface area contributed by atoms with E-state index < -0.39 is 0 Å². The largest absolute Gasteiger partial charge is 0.303 e. The fourth-order valence-corrected chi connectivity index (χ4v) is 1.84. The van der Waals surface area contributed by atoms with Crippen LogP contribution in [-0.4, -0.2) is 6.29 Å². The number of aldehydes is 1. The zero-order valence-electron chi connectivity index (χ0n) is 8.97. The molecule has 0 heterocycles. The second-order valence-electron chi connectivity index (χ2n) is 4.94. The van der Waals surface area contributed by atoms with Crippen LogP contribution in [0.2, 0.25) is 0 Å². The Morgan fingerprint density at radius 3 is 2.69 bits per heavy atom. The molecule has 0 spiro atoms. The van der Waals surface area contributed by atoms with Crippen LogP contribution >= 0.6 is 0 Å². The maximum atomic E-state index is 10.8. The van der Waals surface area contributed by atoms with Crippen molar-refractivity contribution in [3.05, 3.63) is 11.6 Å². The van der Waals surface area contributed by atoms with Crippen molar-refractivity contribution in [2.45, 2.75) is 46.5 Å². The summed E-state index contributed by atoms with van der Waals surface area (Å²) in [5.74, 6) is 0.742. The topological polar surface area (TPSA) is 17.1 Å². The van der Waals surface area contributed by atoms with Gasteiger partial charge in [-0.2, -0.15) is 0 Å². The van der Waals surface area contributed by atoms with Gasteiger partial charge in [-0.05, 0) is 31.6 Å². The van der Waals surface area contributed by atoms with Gasteiger partial charge >= 0.3 is 0 Å². The zero-order chi connectivity index (χ0) is 9.90. The molecule has 0 N–H and O–H groups in total. The van der Waals surface area contributed by atoms with Gasteiger partial charge in [0.05, 0.1) is 0 Å². The van der Waals surface area contributed by atoms with Crippen molar-refractivity contribution in [1.29, 1.82) is 0 Å². The van der Waals surface area contributed by atoms with Crippen LogP contribution in [0.3, 0.4) is 0 Å². The number of hydrogen-bond donors (Lipinski definition) is 0. The molecule has 1 atom stereocenters. The third-order valence-electron chi connectivity index (χ3n) is 2.83. The maximum absolute atomic E-state index is 10.8. The highest BCUT2D eigenvalue weighted by Gasteiger charge is 2.25. The first-order valence-electron chi connectivity index (χ1n) is 5.20. The summed E-state index contributed by atoms with van der Waals surface area (Å²) in [6.07, 6.45) is 7.70. The average Bonchev–Trinajstić information content (AvgIpc) is 2.09. The van der Waals surface area contributed by atoms with E-state index in [1.165, 1.54) is 6.42 Å². The Labute approximate surface area is 81.2 Å². The first-order chi connectivity index (χ1) is 6.06. The first-order valence-corrected chi connectivity index (χ1v) is 5.20. The third kappa shape index (κ3) is 2.98. The minimum atomic E-state index is -0.0690. The van der Waals surface area contributed by atoms with Crippen molar-refractivity contribution in [3.8, 4) is 0 Å². The summed E-state index contributed by atoms with van der Waals surface area (Å²) in [5.41, 5.74) is 1.48. The van der Waals surface area contributed by atoms with Crippen molar-refractivity contribution in [1.82, 2.24) is 0 Å². The molecule has 0 unspecified atom stereocenters. The molecule has 1 aliphatic carbocycles. The predicted octanol–water partition coefficient (Wildman–Crippen LogP) is 3.35. The summed E-state index contributed by atoms with van der Waals surface area (Å²) in [6, 6.07) is 0. The minimum Gasteiger partial charge on any atom is -0.303 e. The molecule has 1 nitrogen and oxygen atoms in total. The lowest BCUT2D eigenvalue weighted by Gasteiger charge is -2.27. The molecule has 1 aliphatic rings. The van der Waals surface area contributed by atoms with Crippen LogP contribution in [0.4, 0.5) is 0 Å². The van der Waals surface area contributed by atoms with Crippen molar-refractivity contribution in [3.63, 3.8) is 0 Å². The molecular formula is C12H20O. The van der Waals surface area contributed by atoms with Gasteiger partial charge in [0, 0.05) is 5.41 Å². The predicted molar refractivity (Wildman–Crippen MR) is 55.6 cm³/mol. The van der Waals surface area contributed by atoms with Crippen LogP contribution in [0.25, 0.3) is 0 Å². The summed E-state index contributed by atoms with van der Waals surface area (Å²) in [6.45, 7) is 6.55. The molecule has 0 amide bonds. The third-order valence-corrected chi connectivity index (χ3v) is 2.83. The Morgan fingerprint density at radius 1 is 1.62 bits per heavy atom. The molecule has 0 saturated heterocycles. The highest BCUT2D eigenvalue weighted by Crippen LogP contribution is 2.34. The van der Waals surface area contributed by atoms with Crippen molar-refractivity contribution in [2.75, 3.05) is 0 Å². The number of allylic oxidation sites excluding steroid dienone is 2. The Kier molecular flexibility index (Phi) is 3.29. The molecule has 0 aromatic heterocycles. The van der Waals surface area contributed by atoms with Crippen LogP contribution in [0.5, 0.6) is 0 Å². The molecule has 0 saturated carbocycles. The molecule has 0 aliphatic heterocycles. The van der Waals surface area contributed by atoms with Gasteiger partial charge in [0.2, 0.25) is 0 Å². The molecule has 0 aromatic carbocycles. The Bertz CT molecular complexity index is 215.